The summed E-state index contributed by atoms with van der Waals surface area (Å²) >= 11 is 0. The van der Waals surface area contributed by atoms with Crippen LogP contribution in [0.1, 0.15) is 0 Å². The zero-order valence-electron chi connectivity index (χ0n) is 6.31. The van der Waals surface area contributed by atoms with Crippen LogP contribution >= 0.6 is 0 Å². The average molecular weight is 212 g/mol. The molecule has 0 aromatic heterocycles. The molecule has 0 saturated carbocycles. The molecule has 0 atom stereocenters. The van der Waals surface area contributed by atoms with Crippen molar-refractivity contribution in [3.05, 3.63) is 25.4 Å². The number of hydrogen-bond acceptors (Lipinski definition) is 6. The Balaban J connectivity index is -0.00000000848. The van der Waals surface area contributed by atoms with Gasteiger partial charge in [-0.3, -0.25) is 0 Å². The molecule has 0 spiro atoms. The first-order valence-electron chi connectivity index (χ1n) is 0.913. The van der Waals surface area contributed by atoms with E-state index in [-0.39, 0.29) is 101 Å². The molecular weight excluding hydrogens is 212 g/mol. The second-order valence-corrected chi connectivity index (χ2v) is 0.298. The van der Waals surface area contributed by atoms with Crippen LogP contribution in [0, 0.1) is 25.4 Å². The summed E-state index contributed by atoms with van der Waals surface area (Å²) in [6, 6.07) is 0. The fraction of sp³-hybridized carbons (Fsp3) is 0. The first kappa shape index (κ1) is 38.4. The van der Waals surface area contributed by atoms with Crippen LogP contribution in [0.15, 0.2) is 5.34 Å². The second kappa shape index (κ2) is 40.6. The van der Waals surface area contributed by atoms with Gasteiger partial charge in [0, 0.05) is 0 Å². The fourth-order valence-corrected chi connectivity index (χ4v) is 0. The largest absolute Gasteiger partial charge is 1.00 e. The Morgan fingerprint density at radius 2 is 1.09 bits per heavy atom. The van der Waals surface area contributed by atoms with E-state index >= 15 is 0 Å². The van der Waals surface area contributed by atoms with Crippen LogP contribution in [-0.4, -0.2) is 5.09 Å². The number of halogens is 1. The van der Waals surface area contributed by atoms with E-state index in [1.54, 1.807) is 0 Å². The predicted molar refractivity (Wildman–Crippen MR) is 19.5 cm³/mol. The fourth-order valence-electron chi connectivity index (χ4n) is 0. The van der Waals surface area contributed by atoms with Crippen LogP contribution in [0.25, 0.3) is 0 Å². The third-order valence-electron chi connectivity index (χ3n) is 0. The Bertz CT molecular complexity index is 66.7. The predicted octanol–water partition coefficient (Wildman–Crippen LogP) is -12.0. The maximum atomic E-state index is 8.25. The Morgan fingerprint density at radius 3 is 1.09 bits per heavy atom. The molecular formula is ClN2Na3O5. The van der Waals surface area contributed by atoms with Crippen molar-refractivity contribution in [1.82, 2.24) is 0 Å². The maximum absolute atomic E-state index is 8.25. The van der Waals surface area contributed by atoms with Crippen molar-refractivity contribution in [1.29, 1.82) is 0 Å². The molecule has 11 heavy (non-hydrogen) atoms. The summed E-state index contributed by atoms with van der Waals surface area (Å²) in [5.41, 5.74) is 0. The van der Waals surface area contributed by atoms with Gasteiger partial charge in [0.15, 0.2) is 0 Å². The molecule has 0 aliphatic rings. The summed E-state index contributed by atoms with van der Waals surface area (Å²) in [5, 5.41) is 23.8. The minimum absolute atomic E-state index is 0. The molecule has 0 heterocycles. The smallest absolute Gasteiger partial charge is 1.00 e. The first-order chi connectivity index (χ1) is 3.15. The van der Waals surface area contributed by atoms with E-state index in [4.69, 9.17) is 25.4 Å². The number of hydrogen-bond donors (Lipinski definition) is 0. The third-order valence-corrected chi connectivity index (χ3v) is 0. The molecule has 0 bridgehead atoms. The topological polar surface area (TPSA) is 119 Å². The van der Waals surface area contributed by atoms with Crippen molar-refractivity contribution in [2.45, 2.75) is 0 Å². The van der Waals surface area contributed by atoms with Gasteiger partial charge < -0.3 is 37.8 Å². The van der Waals surface area contributed by atoms with E-state index in [1.807, 2.05) is 0 Å². The van der Waals surface area contributed by atoms with Crippen molar-refractivity contribution in [2.24, 2.45) is 5.34 Å². The maximum Gasteiger partial charge on any atom is 1.00 e. The van der Waals surface area contributed by atoms with Crippen LogP contribution in [0.2, 0.25) is 0 Å². The van der Waals surface area contributed by atoms with Crippen molar-refractivity contribution in [2.75, 3.05) is 0 Å². The summed E-state index contributed by atoms with van der Waals surface area (Å²) in [5.74, 6) is 0. The van der Waals surface area contributed by atoms with Gasteiger partial charge >= 0.3 is 88.7 Å². The van der Waals surface area contributed by atoms with Crippen molar-refractivity contribution in [3.8, 4) is 0 Å². The van der Waals surface area contributed by atoms with Gasteiger partial charge in [-0.1, -0.05) is 0 Å². The van der Waals surface area contributed by atoms with Crippen LogP contribution in [-0.2, 0) is 0 Å². The minimum Gasteiger partial charge on any atom is -1.00 e. The summed E-state index contributed by atoms with van der Waals surface area (Å²) < 4.78 is 0. The van der Waals surface area contributed by atoms with E-state index < -0.39 is 5.09 Å². The zero-order valence-corrected chi connectivity index (χ0v) is 13.1. The average Bonchev–Trinajstić information content (AvgIpc) is 1.33. The molecule has 0 saturated heterocycles. The van der Waals surface area contributed by atoms with Gasteiger partial charge in [0.2, 0.25) is 0 Å². The van der Waals surface area contributed by atoms with Gasteiger partial charge in [-0.2, -0.15) is 0 Å². The Morgan fingerprint density at radius 1 is 1.09 bits per heavy atom. The molecule has 0 aliphatic heterocycles. The van der Waals surface area contributed by atoms with E-state index in [0.29, 0.717) is 0 Å². The van der Waals surface area contributed by atoms with Crippen LogP contribution in [0.5, 0.6) is 0 Å². The van der Waals surface area contributed by atoms with Crippen LogP contribution in [0.4, 0.5) is 0 Å². The standard InChI is InChI=1S/ClH.NO3.HNO2.3Na/c;2-1(3)4;2-1-3;;;/h1H;;(H,2,3);;;/q;-1;;3*+1/p-2. The van der Waals surface area contributed by atoms with Gasteiger partial charge in [0.05, 0.1) is 5.09 Å². The molecule has 0 aromatic rings. The molecule has 0 rings (SSSR count). The molecule has 0 aromatic carbocycles. The second-order valence-electron chi connectivity index (χ2n) is 0.298. The summed E-state index contributed by atoms with van der Waals surface area (Å²) in [6.45, 7) is 0. The normalized spacial score (nSPS) is 3.27. The summed E-state index contributed by atoms with van der Waals surface area (Å²) in [4.78, 5) is 16.2. The molecule has 50 valence electrons. The van der Waals surface area contributed by atoms with E-state index in [1.165, 1.54) is 0 Å². The SMILES string of the molecule is O=N[O-].O=[N+]([O-])[O-].[Cl-].[Na+].[Na+].[Na+]. The molecule has 0 aliphatic carbocycles. The molecule has 0 radical (unpaired) electrons. The quantitative estimate of drug-likeness (QED) is 0.171. The van der Waals surface area contributed by atoms with E-state index in [0.717, 1.165) is 5.34 Å². The van der Waals surface area contributed by atoms with Crippen LogP contribution < -0.4 is 101 Å². The Labute approximate surface area is 135 Å². The van der Waals surface area contributed by atoms with E-state index in [2.05, 4.69) is 0 Å². The van der Waals surface area contributed by atoms with Gasteiger partial charge in [-0.15, -0.1) is 5.34 Å². The molecule has 7 nitrogen and oxygen atoms in total. The molecule has 0 amide bonds. The Kier molecular flexibility index (Phi) is 142. The van der Waals surface area contributed by atoms with Gasteiger partial charge in [0.25, 0.3) is 0 Å². The number of rotatable bonds is 0. The molecule has 0 fully saturated rings. The minimum atomic E-state index is -1.75. The summed E-state index contributed by atoms with van der Waals surface area (Å²) in [7, 11) is 0. The first-order valence-corrected chi connectivity index (χ1v) is 0.913. The molecule has 0 unspecified atom stereocenters. The van der Waals surface area contributed by atoms with Gasteiger partial charge in [-0.05, 0) is 0 Å². The van der Waals surface area contributed by atoms with Crippen molar-refractivity contribution in [3.63, 3.8) is 0 Å². The summed E-state index contributed by atoms with van der Waals surface area (Å²) in [6.07, 6.45) is 0. The Hall–Kier alpha value is 1.89. The molecule has 0 N–H and O–H groups in total. The van der Waals surface area contributed by atoms with Gasteiger partial charge in [0.1, 0.15) is 0 Å². The third kappa shape index (κ3) is 326. The van der Waals surface area contributed by atoms with Gasteiger partial charge in [-0.25, -0.2) is 0 Å². The van der Waals surface area contributed by atoms with E-state index in [9.17, 15) is 0 Å². The zero-order chi connectivity index (χ0) is 6.28. The number of nitrogens with zero attached hydrogens (tertiary/aromatic N) is 2. The van der Waals surface area contributed by atoms with Crippen LogP contribution in [0.3, 0.4) is 0 Å². The van der Waals surface area contributed by atoms with Crippen molar-refractivity contribution >= 4 is 0 Å². The monoisotopic (exact) mass is 212 g/mol. The van der Waals surface area contributed by atoms with Crippen molar-refractivity contribution < 1.29 is 106 Å². The molecule has 11 heteroatoms.